The van der Waals surface area contributed by atoms with Crippen molar-refractivity contribution in [3.05, 3.63) is 121 Å². The molecule has 4 aromatic carbocycles. The number of hydrogen-bond donors (Lipinski definition) is 0. The second kappa shape index (κ2) is 13.2. The zero-order valence-electron chi connectivity index (χ0n) is 16.5. The van der Waals surface area contributed by atoms with E-state index in [1.165, 1.54) is 33.5 Å². The summed E-state index contributed by atoms with van der Waals surface area (Å²) in [5.41, 5.74) is 0. The summed E-state index contributed by atoms with van der Waals surface area (Å²) >= 11 is 1.75. The molecule has 0 heterocycles. The fraction of sp³-hybridized carbons (Fsp3) is 0.0769. The molecular weight excluding hydrogens is 607 g/mol. The van der Waals surface area contributed by atoms with Crippen molar-refractivity contribution in [2.45, 2.75) is 0 Å². The molecule has 4 heteroatoms. The van der Waals surface area contributed by atoms with Crippen LogP contribution in [-0.4, -0.2) is 12.3 Å². The molecule has 0 aliphatic rings. The van der Waals surface area contributed by atoms with Gasteiger partial charge in [-0.1, -0.05) is 121 Å². The Labute approximate surface area is 199 Å². The summed E-state index contributed by atoms with van der Waals surface area (Å²) in [6.45, 7) is 0. The molecule has 0 saturated heterocycles. The number of rotatable bonds is 7. The molecule has 0 saturated carbocycles. The van der Waals surface area contributed by atoms with Gasteiger partial charge in [-0.05, 0) is 49.4 Å². The molecule has 0 aliphatic heterocycles. The monoisotopic (exact) mass is 630 g/mol. The Balaban J connectivity index is 0.00000124. The van der Waals surface area contributed by atoms with Crippen LogP contribution >= 0.6 is 25.0 Å². The topological polar surface area (TPSA) is 0 Å². The van der Waals surface area contributed by atoms with E-state index in [4.69, 9.17) is 0 Å². The summed E-state index contributed by atoms with van der Waals surface area (Å²) in [7, 11) is 3.89. The van der Waals surface area contributed by atoms with Crippen LogP contribution in [0.3, 0.4) is 0 Å². The van der Waals surface area contributed by atoms with Gasteiger partial charge in [-0.25, -0.2) is 0 Å². The maximum absolute atomic E-state index is 4.58. The number of benzene rings is 4. The van der Waals surface area contributed by atoms with Crippen LogP contribution in [-0.2, 0) is 20.0 Å². The van der Waals surface area contributed by atoms with E-state index < -0.39 is 0 Å². The molecule has 30 heavy (non-hydrogen) atoms. The molecule has 0 aromatic heterocycles. The van der Waals surface area contributed by atoms with Crippen LogP contribution in [0.5, 0.6) is 0 Å². The van der Waals surface area contributed by atoms with Gasteiger partial charge in [0.1, 0.15) is 0 Å². The van der Waals surface area contributed by atoms with Crippen LogP contribution in [0.2, 0.25) is 0 Å². The molecule has 4 aromatic rings. The summed E-state index contributed by atoms with van der Waals surface area (Å²) in [6.07, 6.45) is 2.41. The van der Waals surface area contributed by atoms with E-state index in [1.54, 1.807) is 20.0 Å². The summed E-state index contributed by atoms with van der Waals surface area (Å²) in [6, 6.07) is 44.2. The third kappa shape index (κ3) is 6.63. The molecule has 0 nitrogen and oxygen atoms in total. The average molecular weight is 631 g/mol. The Kier molecular flexibility index (Phi) is 10.3. The van der Waals surface area contributed by atoms with Crippen molar-refractivity contribution in [3.63, 3.8) is 0 Å². The smallest absolute Gasteiger partial charge is 0.0195 e. The second-order valence-corrected chi connectivity index (χ2v) is 11.3. The first-order chi connectivity index (χ1) is 14.9. The van der Waals surface area contributed by atoms with Crippen LogP contribution in [0.1, 0.15) is 0 Å². The maximum Gasteiger partial charge on any atom is -0.0195 e. The molecular formula is C26H24AuClP2. The summed E-state index contributed by atoms with van der Waals surface area (Å²) in [5.74, 6) is 0. The first-order valence-electron chi connectivity index (χ1n) is 9.78. The average Bonchev–Trinajstić information content (AvgIpc) is 2.85. The third-order valence-corrected chi connectivity index (χ3v) is 10.2. The van der Waals surface area contributed by atoms with Crippen LogP contribution < -0.4 is 21.2 Å². The molecule has 156 valence electrons. The maximum atomic E-state index is 4.58. The van der Waals surface area contributed by atoms with Gasteiger partial charge in [0.25, 0.3) is 0 Å². The van der Waals surface area contributed by atoms with E-state index in [9.17, 15) is 0 Å². The van der Waals surface area contributed by atoms with Crippen LogP contribution in [0.4, 0.5) is 0 Å². The van der Waals surface area contributed by atoms with Crippen LogP contribution in [0, 0.1) is 0 Å². The normalized spacial score (nSPS) is 10.6. The van der Waals surface area contributed by atoms with E-state index in [0.717, 1.165) is 0 Å². The Morgan fingerprint density at radius 3 is 0.800 bits per heavy atom. The van der Waals surface area contributed by atoms with E-state index in [-0.39, 0.29) is 15.8 Å². The van der Waals surface area contributed by atoms with Gasteiger partial charge in [-0.3, -0.25) is 0 Å². The van der Waals surface area contributed by atoms with Crippen molar-refractivity contribution >= 4 is 46.3 Å². The zero-order valence-corrected chi connectivity index (χ0v) is 21.2. The van der Waals surface area contributed by atoms with Crippen LogP contribution in [0.25, 0.3) is 0 Å². The molecule has 0 spiro atoms. The minimum atomic E-state index is -0.348. The molecule has 0 radical (unpaired) electrons. The van der Waals surface area contributed by atoms with Gasteiger partial charge >= 0.3 is 29.2 Å². The van der Waals surface area contributed by atoms with Crippen molar-refractivity contribution in [1.29, 1.82) is 0 Å². The van der Waals surface area contributed by atoms with E-state index in [2.05, 4.69) is 131 Å². The van der Waals surface area contributed by atoms with Gasteiger partial charge in [0.05, 0.1) is 0 Å². The van der Waals surface area contributed by atoms with E-state index in [1.807, 2.05) is 0 Å². The third-order valence-electron chi connectivity index (χ3n) is 4.82. The standard InChI is InChI=1S/C26H24P2.Au.ClH/c1-5-13-23(14-6-1)27(24-15-7-2-8-16-24)21-22-28(25-17-9-3-10-18-25)26-19-11-4-12-20-26;;/h1-20H,21-22H2;;1H/q;+1;/p-1. The minimum absolute atomic E-state index is 0.348. The zero-order chi connectivity index (χ0) is 21.0. The van der Waals surface area contributed by atoms with Crippen molar-refractivity contribution in [1.82, 2.24) is 0 Å². The Bertz CT molecular complexity index is 805. The number of halogens is 1. The van der Waals surface area contributed by atoms with Crippen molar-refractivity contribution in [2.75, 3.05) is 12.3 Å². The summed E-state index contributed by atoms with van der Waals surface area (Å²) in [5, 5.41) is 5.89. The largest absolute Gasteiger partial charge is 0.0622 e. The molecule has 0 bridgehead atoms. The van der Waals surface area contributed by atoms with Crippen molar-refractivity contribution < 1.29 is 20.0 Å². The van der Waals surface area contributed by atoms with Crippen molar-refractivity contribution in [3.8, 4) is 0 Å². The molecule has 4 rings (SSSR count). The minimum Gasteiger partial charge on any atom is -0.0622 e. The molecule has 0 aliphatic carbocycles. The SMILES string of the molecule is [Cl][Au].c1ccc(P(CCP(c2ccccc2)c2ccccc2)c2ccccc2)cc1. The van der Waals surface area contributed by atoms with Gasteiger partial charge in [-0.2, -0.15) is 0 Å². The quantitative estimate of drug-likeness (QED) is 0.175. The van der Waals surface area contributed by atoms with E-state index >= 15 is 0 Å². The Hall–Kier alpha value is -1.23. The number of hydrogen-bond acceptors (Lipinski definition) is 0. The second-order valence-electron chi connectivity index (χ2n) is 6.65. The molecule has 0 fully saturated rings. The van der Waals surface area contributed by atoms with Crippen LogP contribution in [0.15, 0.2) is 121 Å². The summed E-state index contributed by atoms with van der Waals surface area (Å²) in [4.78, 5) is 0. The summed E-state index contributed by atoms with van der Waals surface area (Å²) < 4.78 is 0. The van der Waals surface area contributed by atoms with Gasteiger partial charge in [-0.15, -0.1) is 0 Å². The van der Waals surface area contributed by atoms with Crippen molar-refractivity contribution in [2.24, 2.45) is 0 Å². The van der Waals surface area contributed by atoms with Gasteiger partial charge in [0.2, 0.25) is 0 Å². The first kappa shape index (κ1) is 23.4. The molecule has 0 amide bonds. The predicted molar refractivity (Wildman–Crippen MR) is 134 cm³/mol. The van der Waals surface area contributed by atoms with Gasteiger partial charge in [0.15, 0.2) is 0 Å². The Morgan fingerprint density at radius 1 is 0.400 bits per heavy atom. The molecule has 0 N–H and O–H groups in total. The first-order valence-corrected chi connectivity index (χ1v) is 15.5. The molecule has 0 atom stereocenters. The van der Waals surface area contributed by atoms with Gasteiger partial charge in [0, 0.05) is 0 Å². The fourth-order valence-corrected chi connectivity index (χ4v) is 8.80. The van der Waals surface area contributed by atoms with Gasteiger partial charge < -0.3 is 0 Å². The predicted octanol–water partition coefficient (Wildman–Crippen LogP) is 5.94. The van der Waals surface area contributed by atoms with E-state index in [0.29, 0.717) is 0 Å². The fourth-order valence-electron chi connectivity index (χ4n) is 3.45. The Morgan fingerprint density at radius 2 is 0.600 bits per heavy atom. The molecule has 0 unspecified atom stereocenters.